The van der Waals surface area contributed by atoms with E-state index in [2.05, 4.69) is 55.6 Å². The summed E-state index contributed by atoms with van der Waals surface area (Å²) in [4.78, 5) is 0. The summed E-state index contributed by atoms with van der Waals surface area (Å²) >= 11 is 0. The lowest BCUT2D eigenvalue weighted by atomic mass is 9.70. The molecule has 2 saturated carbocycles. The van der Waals surface area contributed by atoms with E-state index in [0.29, 0.717) is 5.92 Å². The molecule has 198 valence electrons. The maximum absolute atomic E-state index is 8.99. The molecule has 0 N–H and O–H groups in total. The summed E-state index contributed by atoms with van der Waals surface area (Å²) in [5, 5.41) is 17.8. The van der Waals surface area contributed by atoms with Crippen molar-refractivity contribution >= 4 is 0 Å². The van der Waals surface area contributed by atoms with Crippen LogP contribution < -0.4 is 0 Å². The lowest BCUT2D eigenvalue weighted by molar-refractivity contribution is 0.206. The number of nitriles is 2. The molecule has 0 aliphatic heterocycles. The number of aryl methyl sites for hydroxylation is 1. The normalized spacial score (nSPS) is 26.4. The van der Waals surface area contributed by atoms with Crippen LogP contribution in [0.2, 0.25) is 0 Å². The second-order valence-electron chi connectivity index (χ2n) is 11.8. The molecule has 0 bridgehead atoms. The van der Waals surface area contributed by atoms with Crippen LogP contribution in [0.25, 0.3) is 0 Å². The Morgan fingerprint density at radius 2 is 1.42 bits per heavy atom. The Morgan fingerprint density at radius 1 is 0.737 bits per heavy atom. The van der Waals surface area contributed by atoms with Gasteiger partial charge in [0, 0.05) is 0 Å². The zero-order valence-corrected chi connectivity index (χ0v) is 23.1. The minimum atomic E-state index is 0.706. The van der Waals surface area contributed by atoms with Gasteiger partial charge in [0.25, 0.3) is 0 Å². The first-order chi connectivity index (χ1) is 18.6. The average molecular weight is 505 g/mol. The van der Waals surface area contributed by atoms with Gasteiger partial charge in [0.1, 0.15) is 0 Å². The van der Waals surface area contributed by atoms with E-state index in [1.165, 1.54) is 87.3 Å². The third-order valence-corrected chi connectivity index (χ3v) is 9.56. The number of hydrogen-bond donors (Lipinski definition) is 0. The Hall–Kier alpha value is -3.10. The Morgan fingerprint density at radius 3 is 2.05 bits per heavy atom. The first kappa shape index (κ1) is 27.9. The molecule has 1 unspecified atom stereocenters. The van der Waals surface area contributed by atoms with Gasteiger partial charge in [0.2, 0.25) is 0 Å². The molecule has 2 nitrogen and oxygen atoms in total. The van der Waals surface area contributed by atoms with Crippen molar-refractivity contribution in [1.82, 2.24) is 0 Å². The molecule has 3 aliphatic rings. The van der Waals surface area contributed by atoms with E-state index >= 15 is 0 Å². The molecule has 1 atom stereocenters. The van der Waals surface area contributed by atoms with Crippen molar-refractivity contribution in [2.24, 2.45) is 23.7 Å². The fourth-order valence-electron chi connectivity index (χ4n) is 7.08. The van der Waals surface area contributed by atoms with Crippen LogP contribution in [0.1, 0.15) is 104 Å². The monoisotopic (exact) mass is 504 g/mol. The second kappa shape index (κ2) is 14.2. The first-order valence-electron chi connectivity index (χ1n) is 14.9. The van der Waals surface area contributed by atoms with Crippen LogP contribution in [0, 0.1) is 46.3 Å². The van der Waals surface area contributed by atoms with Crippen LogP contribution in [-0.4, -0.2) is 0 Å². The van der Waals surface area contributed by atoms with Gasteiger partial charge in [-0.2, -0.15) is 10.5 Å². The summed E-state index contributed by atoms with van der Waals surface area (Å²) in [7, 11) is 0. The van der Waals surface area contributed by atoms with Crippen molar-refractivity contribution in [3.63, 3.8) is 0 Å². The van der Waals surface area contributed by atoms with Gasteiger partial charge in [0.15, 0.2) is 0 Å². The summed E-state index contributed by atoms with van der Waals surface area (Å²) in [5.41, 5.74) is 5.90. The van der Waals surface area contributed by atoms with Gasteiger partial charge in [-0.05, 0) is 154 Å². The van der Waals surface area contributed by atoms with Crippen LogP contribution >= 0.6 is 0 Å². The molecule has 38 heavy (non-hydrogen) atoms. The van der Waals surface area contributed by atoms with E-state index in [1.54, 1.807) is 0 Å². The first-order valence-corrected chi connectivity index (χ1v) is 14.9. The van der Waals surface area contributed by atoms with Crippen LogP contribution in [0.4, 0.5) is 0 Å². The van der Waals surface area contributed by atoms with Crippen LogP contribution in [0.5, 0.6) is 0 Å². The molecule has 2 aromatic rings. The van der Waals surface area contributed by atoms with Gasteiger partial charge in [0.05, 0.1) is 23.3 Å². The SMILES string of the molecule is C=CC1CCC(C2CCc3cc(C#N)ccc3C2)CC1.C=CCCC1CCC(c2ccc(C#N)cc2)CC1. The maximum Gasteiger partial charge on any atom is 0.0991 e. The highest BCUT2D eigenvalue weighted by Crippen LogP contribution is 2.40. The predicted molar refractivity (Wildman–Crippen MR) is 158 cm³/mol. The van der Waals surface area contributed by atoms with Crippen molar-refractivity contribution < 1.29 is 0 Å². The fraction of sp³-hybridized carbons (Fsp3) is 0.500. The van der Waals surface area contributed by atoms with Gasteiger partial charge in [-0.3, -0.25) is 0 Å². The van der Waals surface area contributed by atoms with Crippen molar-refractivity contribution in [3.05, 3.63) is 95.6 Å². The highest BCUT2D eigenvalue weighted by molar-refractivity contribution is 5.39. The number of nitrogens with zero attached hydrogens (tertiary/aromatic N) is 2. The molecule has 3 aliphatic carbocycles. The number of rotatable bonds is 6. The van der Waals surface area contributed by atoms with Gasteiger partial charge in [-0.25, -0.2) is 0 Å². The molecule has 2 fully saturated rings. The number of fused-ring (bicyclic) bond motifs is 1. The van der Waals surface area contributed by atoms with E-state index in [1.807, 2.05) is 24.3 Å². The van der Waals surface area contributed by atoms with Crippen LogP contribution in [-0.2, 0) is 12.8 Å². The third kappa shape index (κ3) is 7.48. The minimum absolute atomic E-state index is 0.706. The minimum Gasteiger partial charge on any atom is -0.192 e. The Bertz CT molecular complexity index is 1130. The van der Waals surface area contributed by atoms with Crippen LogP contribution in [0.3, 0.4) is 0 Å². The van der Waals surface area contributed by atoms with Gasteiger partial charge in [-0.15, -0.1) is 13.2 Å². The van der Waals surface area contributed by atoms with E-state index < -0.39 is 0 Å². The second-order valence-corrected chi connectivity index (χ2v) is 11.8. The molecule has 0 radical (unpaired) electrons. The average Bonchev–Trinajstić information content (AvgIpc) is 3.00. The molecular formula is C36H44N2. The summed E-state index contributed by atoms with van der Waals surface area (Å²) in [6.45, 7) is 7.74. The van der Waals surface area contributed by atoms with E-state index in [4.69, 9.17) is 10.5 Å². The Labute approximate surface area is 231 Å². The molecule has 2 aromatic carbocycles. The lowest BCUT2D eigenvalue weighted by Gasteiger charge is -2.36. The number of allylic oxidation sites excluding steroid dienone is 2. The quantitative estimate of drug-likeness (QED) is 0.368. The largest absolute Gasteiger partial charge is 0.192 e. The fourth-order valence-corrected chi connectivity index (χ4v) is 7.08. The van der Waals surface area contributed by atoms with E-state index in [0.717, 1.165) is 47.6 Å². The maximum atomic E-state index is 8.99. The van der Waals surface area contributed by atoms with Gasteiger partial charge >= 0.3 is 0 Å². The zero-order valence-electron chi connectivity index (χ0n) is 23.1. The predicted octanol–water partition coefficient (Wildman–Crippen LogP) is 9.45. The molecule has 0 aromatic heterocycles. The molecular weight excluding hydrogens is 460 g/mol. The number of hydrogen-bond acceptors (Lipinski definition) is 2. The molecule has 0 spiro atoms. The standard InChI is InChI=1S/C19H23N.C17H21N/c1-2-14-3-6-16(7-4-14)18-10-9-17-11-15(13-20)5-8-19(17)12-18;1-2-3-4-14-5-9-16(10-6-14)17-11-7-15(13-18)8-12-17/h2,5,8,11,14,16,18H,1,3-4,6-7,9-10,12H2;2,7-8,11-12,14,16H,1,3-6,9-10H2. The molecule has 2 heteroatoms. The van der Waals surface area contributed by atoms with Crippen molar-refractivity contribution in [2.45, 2.75) is 89.4 Å². The lowest BCUT2D eigenvalue weighted by Crippen LogP contribution is -2.26. The van der Waals surface area contributed by atoms with Gasteiger partial charge in [-0.1, -0.05) is 30.4 Å². The summed E-state index contributed by atoms with van der Waals surface area (Å²) in [6, 6.07) is 18.9. The molecule has 0 heterocycles. The Kier molecular flexibility index (Phi) is 10.4. The topological polar surface area (TPSA) is 47.6 Å². The highest BCUT2D eigenvalue weighted by Gasteiger charge is 2.29. The van der Waals surface area contributed by atoms with Crippen molar-refractivity contribution in [2.75, 3.05) is 0 Å². The summed E-state index contributed by atoms with van der Waals surface area (Å²) in [5.74, 6) is 4.15. The highest BCUT2D eigenvalue weighted by atomic mass is 14.3. The van der Waals surface area contributed by atoms with Crippen LogP contribution in [0.15, 0.2) is 67.8 Å². The van der Waals surface area contributed by atoms with E-state index in [9.17, 15) is 0 Å². The molecule has 5 rings (SSSR count). The molecule has 0 amide bonds. The zero-order chi connectivity index (χ0) is 26.7. The summed E-state index contributed by atoms with van der Waals surface area (Å²) in [6.07, 6.45) is 21.1. The smallest absolute Gasteiger partial charge is 0.0991 e. The van der Waals surface area contributed by atoms with Crippen molar-refractivity contribution in [3.8, 4) is 12.1 Å². The number of benzene rings is 2. The molecule has 0 saturated heterocycles. The van der Waals surface area contributed by atoms with Gasteiger partial charge < -0.3 is 0 Å². The third-order valence-electron chi connectivity index (χ3n) is 9.56. The Balaban J connectivity index is 0.000000178. The van der Waals surface area contributed by atoms with Crippen molar-refractivity contribution in [1.29, 1.82) is 10.5 Å². The summed E-state index contributed by atoms with van der Waals surface area (Å²) < 4.78 is 0. The van der Waals surface area contributed by atoms with E-state index in [-0.39, 0.29) is 0 Å².